The third-order valence-corrected chi connectivity index (χ3v) is 6.96. The van der Waals surface area contributed by atoms with Gasteiger partial charge in [-0.05, 0) is 71.7 Å². The molecule has 2 N–H and O–H groups in total. The van der Waals surface area contributed by atoms with Gasteiger partial charge in [0.15, 0.2) is 5.96 Å². The minimum atomic E-state index is 0. The average molecular weight is 558 g/mol. The maximum atomic E-state index is 5.68. The monoisotopic (exact) mass is 557 g/mol. The SMILES string of the molecule is CCNC(=NCC1(N2CCCC2)CCOCC1)NCCC(C)N(C)Cc1ccccc1.I. The Morgan fingerprint density at radius 1 is 1.16 bits per heavy atom. The number of hydrogen-bond donors (Lipinski definition) is 2. The maximum absolute atomic E-state index is 5.68. The molecular weight excluding hydrogens is 513 g/mol. The summed E-state index contributed by atoms with van der Waals surface area (Å²) >= 11 is 0. The van der Waals surface area contributed by atoms with Gasteiger partial charge in [-0.2, -0.15) is 0 Å². The first kappa shape index (κ1) is 27.3. The highest BCUT2D eigenvalue weighted by atomic mass is 127. The van der Waals surface area contributed by atoms with E-state index >= 15 is 0 Å². The van der Waals surface area contributed by atoms with E-state index in [1.807, 2.05) is 0 Å². The Labute approximate surface area is 212 Å². The van der Waals surface area contributed by atoms with Crippen molar-refractivity contribution in [2.24, 2.45) is 4.99 Å². The summed E-state index contributed by atoms with van der Waals surface area (Å²) in [5.74, 6) is 0.950. The quantitative estimate of drug-likeness (QED) is 0.261. The number of rotatable bonds is 10. The lowest BCUT2D eigenvalue weighted by atomic mass is 9.88. The predicted molar refractivity (Wildman–Crippen MR) is 145 cm³/mol. The molecule has 0 saturated carbocycles. The first-order valence-corrected chi connectivity index (χ1v) is 12.2. The third kappa shape index (κ3) is 8.15. The minimum Gasteiger partial charge on any atom is -0.381 e. The van der Waals surface area contributed by atoms with Crippen molar-refractivity contribution in [2.75, 3.05) is 53.0 Å². The van der Waals surface area contributed by atoms with Crippen LogP contribution in [0.4, 0.5) is 0 Å². The Bertz CT molecular complexity index is 660. The van der Waals surface area contributed by atoms with E-state index in [2.05, 4.69) is 71.7 Å². The molecule has 0 bridgehead atoms. The number of aliphatic imine (C=N–C) groups is 1. The van der Waals surface area contributed by atoms with Crippen LogP contribution in [-0.4, -0.2) is 80.3 Å². The van der Waals surface area contributed by atoms with Crippen LogP contribution in [0.5, 0.6) is 0 Å². The van der Waals surface area contributed by atoms with Crippen LogP contribution in [0.25, 0.3) is 0 Å². The van der Waals surface area contributed by atoms with E-state index < -0.39 is 0 Å². The molecule has 2 heterocycles. The Kier molecular flexibility index (Phi) is 12.3. The number of benzene rings is 1. The van der Waals surface area contributed by atoms with Crippen LogP contribution >= 0.6 is 24.0 Å². The molecule has 6 nitrogen and oxygen atoms in total. The Morgan fingerprint density at radius 2 is 1.84 bits per heavy atom. The van der Waals surface area contributed by atoms with Crippen molar-refractivity contribution < 1.29 is 4.74 Å². The van der Waals surface area contributed by atoms with E-state index in [9.17, 15) is 0 Å². The summed E-state index contributed by atoms with van der Waals surface area (Å²) in [7, 11) is 2.21. The standard InChI is InChI=1S/C25H43N5O.HI/c1-4-26-24(27-15-12-22(2)29(3)20-23-10-6-5-7-11-23)28-21-25(13-18-31-19-14-25)30-16-8-9-17-30;/h5-7,10-11,22H,4,8-9,12-21H2,1-3H3,(H2,26,27,28);1H. The van der Waals surface area contributed by atoms with Crippen LogP contribution in [0.3, 0.4) is 0 Å². The Hall–Kier alpha value is -0.900. The molecule has 1 aromatic carbocycles. The van der Waals surface area contributed by atoms with Crippen molar-refractivity contribution in [1.82, 2.24) is 20.4 Å². The summed E-state index contributed by atoms with van der Waals surface area (Å²) < 4.78 is 5.68. The maximum Gasteiger partial charge on any atom is 0.191 e. The number of likely N-dealkylation sites (tertiary alicyclic amines) is 1. The molecule has 0 spiro atoms. The molecular formula is C25H44IN5O. The van der Waals surface area contributed by atoms with Gasteiger partial charge in [-0.1, -0.05) is 30.3 Å². The molecule has 2 aliphatic heterocycles. The van der Waals surface area contributed by atoms with Crippen molar-refractivity contribution in [2.45, 2.75) is 64.1 Å². The molecule has 0 radical (unpaired) electrons. The van der Waals surface area contributed by atoms with Gasteiger partial charge in [0.2, 0.25) is 0 Å². The second-order valence-electron chi connectivity index (χ2n) is 9.19. The van der Waals surface area contributed by atoms with Crippen LogP contribution in [0.2, 0.25) is 0 Å². The number of guanidine groups is 1. The van der Waals surface area contributed by atoms with Crippen molar-refractivity contribution in [3.8, 4) is 0 Å². The average Bonchev–Trinajstić information content (AvgIpc) is 3.34. The fourth-order valence-corrected chi connectivity index (χ4v) is 4.73. The predicted octanol–water partition coefficient (Wildman–Crippen LogP) is 3.72. The van der Waals surface area contributed by atoms with E-state index in [1.54, 1.807) is 0 Å². The molecule has 2 saturated heterocycles. The minimum absolute atomic E-state index is 0. The van der Waals surface area contributed by atoms with E-state index in [0.29, 0.717) is 6.04 Å². The molecule has 182 valence electrons. The van der Waals surface area contributed by atoms with E-state index in [-0.39, 0.29) is 29.5 Å². The fraction of sp³-hybridized carbons (Fsp3) is 0.720. The summed E-state index contributed by atoms with van der Waals surface area (Å²) in [6.45, 7) is 12.2. The van der Waals surface area contributed by atoms with Gasteiger partial charge in [0.05, 0.1) is 6.54 Å². The lowest BCUT2D eigenvalue weighted by Crippen LogP contribution is -2.54. The zero-order valence-electron chi connectivity index (χ0n) is 20.3. The van der Waals surface area contributed by atoms with Gasteiger partial charge in [-0.25, -0.2) is 0 Å². The third-order valence-electron chi connectivity index (χ3n) is 6.96. The molecule has 0 aliphatic carbocycles. The summed E-state index contributed by atoms with van der Waals surface area (Å²) in [4.78, 5) is 10.2. The Balaban J connectivity index is 0.00000363. The zero-order valence-corrected chi connectivity index (χ0v) is 22.6. The molecule has 0 aromatic heterocycles. The highest BCUT2D eigenvalue weighted by molar-refractivity contribution is 14.0. The van der Waals surface area contributed by atoms with Gasteiger partial charge in [-0.3, -0.25) is 14.8 Å². The fourth-order valence-electron chi connectivity index (χ4n) is 4.73. The van der Waals surface area contributed by atoms with Crippen LogP contribution in [-0.2, 0) is 11.3 Å². The van der Waals surface area contributed by atoms with Gasteiger partial charge in [0.1, 0.15) is 0 Å². The molecule has 3 rings (SSSR count). The van der Waals surface area contributed by atoms with Gasteiger partial charge in [0.25, 0.3) is 0 Å². The van der Waals surface area contributed by atoms with Gasteiger partial charge in [-0.15, -0.1) is 24.0 Å². The highest BCUT2D eigenvalue weighted by Crippen LogP contribution is 2.31. The second kappa shape index (κ2) is 14.4. The second-order valence-corrected chi connectivity index (χ2v) is 9.19. The topological polar surface area (TPSA) is 52.1 Å². The van der Waals surface area contributed by atoms with E-state index in [4.69, 9.17) is 9.73 Å². The van der Waals surface area contributed by atoms with Crippen molar-refractivity contribution in [1.29, 1.82) is 0 Å². The van der Waals surface area contributed by atoms with Crippen LogP contribution in [0.1, 0.15) is 51.5 Å². The largest absolute Gasteiger partial charge is 0.381 e. The van der Waals surface area contributed by atoms with Gasteiger partial charge >= 0.3 is 0 Å². The number of nitrogens with zero attached hydrogens (tertiary/aromatic N) is 3. The van der Waals surface area contributed by atoms with Gasteiger partial charge < -0.3 is 15.4 Å². The molecule has 2 aliphatic rings. The van der Waals surface area contributed by atoms with E-state index in [1.165, 1.54) is 31.5 Å². The summed E-state index contributed by atoms with van der Waals surface area (Å²) in [6.07, 6.45) is 5.91. The molecule has 7 heteroatoms. The first-order valence-electron chi connectivity index (χ1n) is 12.2. The lowest BCUT2D eigenvalue weighted by Gasteiger charge is -2.43. The molecule has 1 aromatic rings. The first-order chi connectivity index (χ1) is 15.1. The van der Waals surface area contributed by atoms with Crippen molar-refractivity contribution in [3.63, 3.8) is 0 Å². The molecule has 1 unspecified atom stereocenters. The van der Waals surface area contributed by atoms with Crippen LogP contribution in [0, 0.1) is 0 Å². The molecule has 32 heavy (non-hydrogen) atoms. The van der Waals surface area contributed by atoms with Crippen molar-refractivity contribution >= 4 is 29.9 Å². The highest BCUT2D eigenvalue weighted by Gasteiger charge is 2.39. The number of halogens is 1. The normalized spacial score (nSPS) is 20.1. The Morgan fingerprint density at radius 3 is 2.50 bits per heavy atom. The summed E-state index contributed by atoms with van der Waals surface area (Å²) in [6, 6.07) is 11.2. The van der Waals surface area contributed by atoms with Crippen LogP contribution < -0.4 is 10.6 Å². The van der Waals surface area contributed by atoms with Gasteiger partial charge in [0, 0.05) is 44.4 Å². The van der Waals surface area contributed by atoms with E-state index in [0.717, 1.165) is 64.6 Å². The number of ether oxygens (including phenoxy) is 1. The summed E-state index contributed by atoms with van der Waals surface area (Å²) in [5, 5.41) is 7.03. The number of nitrogens with one attached hydrogen (secondary N) is 2. The number of hydrogen-bond acceptors (Lipinski definition) is 4. The van der Waals surface area contributed by atoms with Crippen molar-refractivity contribution in [3.05, 3.63) is 35.9 Å². The molecule has 0 amide bonds. The zero-order chi connectivity index (χ0) is 21.9. The summed E-state index contributed by atoms with van der Waals surface area (Å²) in [5.41, 5.74) is 1.55. The lowest BCUT2D eigenvalue weighted by molar-refractivity contribution is -0.0139. The smallest absolute Gasteiger partial charge is 0.191 e. The molecule has 1 atom stereocenters. The molecule has 2 fully saturated rings. The van der Waals surface area contributed by atoms with Crippen LogP contribution in [0.15, 0.2) is 35.3 Å².